The summed E-state index contributed by atoms with van der Waals surface area (Å²) >= 11 is 0. The molecule has 1 saturated heterocycles. The van der Waals surface area contributed by atoms with Crippen molar-refractivity contribution < 1.29 is 23.8 Å². The highest BCUT2D eigenvalue weighted by atomic mass is 16.5. The zero-order chi connectivity index (χ0) is 27.4. The summed E-state index contributed by atoms with van der Waals surface area (Å²) in [5.41, 5.74) is 2.44. The molecule has 3 aromatic rings. The number of benzene rings is 2. The molecule has 0 unspecified atom stereocenters. The Morgan fingerprint density at radius 2 is 1.97 bits per heavy atom. The molecule has 10 heteroatoms. The van der Waals surface area contributed by atoms with Gasteiger partial charge in [-0.15, -0.1) is 0 Å². The normalized spacial score (nSPS) is 20.6. The molecule has 5 rings (SSSR count). The number of fused-ring (bicyclic) bond motifs is 5. The fourth-order valence-electron chi connectivity index (χ4n) is 5.07. The van der Waals surface area contributed by atoms with Gasteiger partial charge in [0.05, 0.1) is 37.6 Å². The minimum atomic E-state index is -0.299. The quantitative estimate of drug-likeness (QED) is 0.551. The first kappa shape index (κ1) is 26.7. The summed E-state index contributed by atoms with van der Waals surface area (Å²) in [5.74, 6) is 1.10. The van der Waals surface area contributed by atoms with E-state index in [1.165, 1.54) is 4.90 Å². The molecule has 1 fully saturated rings. The molecule has 2 amide bonds. The van der Waals surface area contributed by atoms with E-state index >= 15 is 0 Å². The highest BCUT2D eigenvalue weighted by molar-refractivity contribution is 5.97. The average molecular weight is 534 g/mol. The Morgan fingerprint density at radius 3 is 2.77 bits per heavy atom. The van der Waals surface area contributed by atoms with Crippen LogP contribution in [0.15, 0.2) is 54.7 Å². The summed E-state index contributed by atoms with van der Waals surface area (Å²) in [5, 5.41) is 7.42. The van der Waals surface area contributed by atoms with Crippen molar-refractivity contribution in [3.05, 3.63) is 71.5 Å². The van der Waals surface area contributed by atoms with Gasteiger partial charge in [0.25, 0.3) is 5.91 Å². The van der Waals surface area contributed by atoms with Crippen LogP contribution in [-0.4, -0.2) is 76.8 Å². The number of likely N-dealkylation sites (tertiary alicyclic amines) is 1. The Morgan fingerprint density at radius 1 is 1.10 bits per heavy atom. The third kappa shape index (κ3) is 6.58. The van der Waals surface area contributed by atoms with Gasteiger partial charge >= 0.3 is 0 Å². The molecule has 1 N–H and O–H groups in total. The van der Waals surface area contributed by atoms with Crippen LogP contribution in [0.1, 0.15) is 35.0 Å². The van der Waals surface area contributed by atoms with Gasteiger partial charge < -0.3 is 24.4 Å². The molecule has 0 radical (unpaired) electrons. The fourth-order valence-corrected chi connectivity index (χ4v) is 5.07. The van der Waals surface area contributed by atoms with Gasteiger partial charge in [0, 0.05) is 51.6 Å². The second-order valence-corrected chi connectivity index (χ2v) is 10.0. The monoisotopic (exact) mass is 533 g/mol. The molecule has 0 saturated carbocycles. The van der Waals surface area contributed by atoms with Crippen LogP contribution in [0.5, 0.6) is 17.2 Å². The van der Waals surface area contributed by atoms with Crippen LogP contribution in [0.25, 0.3) is 0 Å². The standard InChI is InChI=1S/C29H35N5O5/c1-4-37-24-13-21-14-25(15-24)39-23-7-5-6-20(12-23)19-38-27-9-11-34(16-22-8-10-30-33(22)3)17-26(27)31-28(35)18-32(2)29(21)36/h5-8,10,12-15,26-27H,4,9,11,16-19H2,1-3H3,(H,31,35)/t26-,27+/m0/s1. The van der Waals surface area contributed by atoms with Crippen LogP contribution in [0.4, 0.5) is 0 Å². The van der Waals surface area contributed by atoms with E-state index in [1.54, 1.807) is 31.4 Å². The lowest BCUT2D eigenvalue weighted by atomic mass is 10.0. The summed E-state index contributed by atoms with van der Waals surface area (Å²) in [6.45, 7) is 4.82. The van der Waals surface area contributed by atoms with E-state index in [1.807, 2.05) is 49.0 Å². The number of carbonyl (C=O) groups is 2. The highest BCUT2D eigenvalue weighted by Gasteiger charge is 2.32. The third-order valence-electron chi connectivity index (χ3n) is 7.05. The summed E-state index contributed by atoms with van der Waals surface area (Å²) in [6.07, 6.45) is 2.38. The number of ether oxygens (including phenoxy) is 3. The van der Waals surface area contributed by atoms with Gasteiger partial charge in [0.2, 0.25) is 5.91 Å². The number of nitrogens with one attached hydrogen (secondary N) is 1. The topological polar surface area (TPSA) is 98.2 Å². The molecule has 2 atom stereocenters. The summed E-state index contributed by atoms with van der Waals surface area (Å²) < 4.78 is 20.0. The maximum absolute atomic E-state index is 13.3. The first-order valence-corrected chi connectivity index (χ1v) is 13.3. The largest absolute Gasteiger partial charge is 0.494 e. The van der Waals surface area contributed by atoms with Gasteiger partial charge in [-0.05, 0) is 49.2 Å². The fraction of sp³-hybridized carbons (Fsp3) is 0.414. The predicted molar refractivity (Wildman–Crippen MR) is 145 cm³/mol. The van der Waals surface area contributed by atoms with Crippen LogP contribution in [0, 0.1) is 0 Å². The lowest BCUT2D eigenvalue weighted by Gasteiger charge is -2.39. The van der Waals surface area contributed by atoms with Crippen LogP contribution >= 0.6 is 0 Å². The Hall–Kier alpha value is -3.89. The Kier molecular flexibility index (Phi) is 8.13. The van der Waals surface area contributed by atoms with Gasteiger partial charge in [-0.2, -0.15) is 5.10 Å². The number of piperidine rings is 1. The Balaban J connectivity index is 1.41. The van der Waals surface area contributed by atoms with E-state index in [0.717, 1.165) is 30.8 Å². The van der Waals surface area contributed by atoms with E-state index in [4.69, 9.17) is 14.2 Å². The van der Waals surface area contributed by atoms with Crippen molar-refractivity contribution >= 4 is 11.8 Å². The van der Waals surface area contributed by atoms with Crippen LogP contribution in [0.2, 0.25) is 0 Å². The number of hydrogen-bond acceptors (Lipinski definition) is 7. The zero-order valence-corrected chi connectivity index (χ0v) is 22.6. The lowest BCUT2D eigenvalue weighted by molar-refractivity contribution is -0.125. The molecule has 39 heavy (non-hydrogen) atoms. The Labute approximate surface area is 228 Å². The summed E-state index contributed by atoms with van der Waals surface area (Å²) in [4.78, 5) is 30.2. The molecule has 2 aromatic carbocycles. The van der Waals surface area contributed by atoms with Gasteiger partial charge in [0.1, 0.15) is 17.2 Å². The first-order valence-electron chi connectivity index (χ1n) is 13.3. The lowest BCUT2D eigenvalue weighted by Crippen LogP contribution is -2.57. The minimum absolute atomic E-state index is 0.0854. The van der Waals surface area contributed by atoms with Crippen molar-refractivity contribution in [1.82, 2.24) is 24.9 Å². The smallest absolute Gasteiger partial charge is 0.254 e. The van der Waals surface area contributed by atoms with Gasteiger partial charge in [-0.3, -0.25) is 19.2 Å². The van der Waals surface area contributed by atoms with Gasteiger partial charge in [-0.25, -0.2) is 0 Å². The average Bonchev–Trinajstić information content (AvgIpc) is 3.31. The molecule has 10 nitrogen and oxygen atoms in total. The summed E-state index contributed by atoms with van der Waals surface area (Å²) in [7, 11) is 3.54. The van der Waals surface area contributed by atoms with Crippen molar-refractivity contribution in [3.63, 3.8) is 0 Å². The van der Waals surface area contributed by atoms with Crippen molar-refractivity contribution in [3.8, 4) is 17.2 Å². The number of aryl methyl sites for hydroxylation is 1. The molecule has 3 heterocycles. The molecule has 206 valence electrons. The van der Waals surface area contributed by atoms with Crippen molar-refractivity contribution in [1.29, 1.82) is 0 Å². The predicted octanol–water partition coefficient (Wildman–Crippen LogP) is 2.97. The molecule has 1 aromatic heterocycles. The molecular formula is C29H35N5O5. The first-order chi connectivity index (χ1) is 18.9. The van der Waals surface area contributed by atoms with E-state index in [0.29, 0.717) is 42.6 Å². The van der Waals surface area contributed by atoms with E-state index in [-0.39, 0.29) is 30.5 Å². The SMILES string of the molecule is CCOc1cc2cc(c1)C(=O)N(C)CC(=O)N[C@H]1CN(Cc3ccnn3C)CC[C@H]1OCc1cccc(c1)O2. The van der Waals surface area contributed by atoms with Crippen molar-refractivity contribution in [2.24, 2.45) is 7.05 Å². The molecule has 2 aliphatic heterocycles. The number of rotatable bonds is 4. The Bertz CT molecular complexity index is 1320. The maximum Gasteiger partial charge on any atom is 0.254 e. The second-order valence-electron chi connectivity index (χ2n) is 10.0. The number of hydrogen-bond donors (Lipinski definition) is 1. The van der Waals surface area contributed by atoms with E-state index in [2.05, 4.69) is 15.3 Å². The van der Waals surface area contributed by atoms with Gasteiger partial charge in [0.15, 0.2) is 0 Å². The van der Waals surface area contributed by atoms with Crippen molar-refractivity contribution in [2.75, 3.05) is 33.3 Å². The number of nitrogens with zero attached hydrogens (tertiary/aromatic N) is 4. The zero-order valence-electron chi connectivity index (χ0n) is 22.6. The number of likely N-dealkylation sites (N-methyl/N-ethyl adjacent to an activating group) is 1. The molecule has 0 spiro atoms. The third-order valence-corrected chi connectivity index (χ3v) is 7.05. The molecule has 4 bridgehead atoms. The number of amides is 2. The highest BCUT2D eigenvalue weighted by Crippen LogP contribution is 2.29. The second kappa shape index (κ2) is 11.9. The van der Waals surface area contributed by atoms with Crippen LogP contribution in [-0.2, 0) is 29.7 Å². The summed E-state index contributed by atoms with van der Waals surface area (Å²) in [6, 6.07) is 14.6. The van der Waals surface area contributed by atoms with Gasteiger partial charge in [-0.1, -0.05) is 12.1 Å². The maximum atomic E-state index is 13.3. The molecule has 2 aliphatic rings. The van der Waals surface area contributed by atoms with Crippen LogP contribution in [0.3, 0.4) is 0 Å². The van der Waals surface area contributed by atoms with Crippen LogP contribution < -0.4 is 14.8 Å². The van der Waals surface area contributed by atoms with E-state index in [9.17, 15) is 9.59 Å². The molecule has 0 aliphatic carbocycles. The minimum Gasteiger partial charge on any atom is -0.494 e. The molecular weight excluding hydrogens is 498 g/mol. The van der Waals surface area contributed by atoms with E-state index < -0.39 is 0 Å². The van der Waals surface area contributed by atoms with Crippen molar-refractivity contribution in [2.45, 2.75) is 38.6 Å². The number of aromatic nitrogens is 2. The number of carbonyl (C=O) groups excluding carboxylic acids is 2.